The molecule has 3 heteroatoms. The molecular formula is C11H10BrNO. The molecule has 2 rings (SSSR count). The van der Waals surface area contributed by atoms with Gasteiger partial charge in [-0.1, -0.05) is 22.0 Å². The van der Waals surface area contributed by atoms with Gasteiger partial charge in [-0.3, -0.25) is 0 Å². The summed E-state index contributed by atoms with van der Waals surface area (Å²) in [6.07, 6.45) is 0. The second-order valence-corrected chi connectivity index (χ2v) is 4.00. The topological polar surface area (TPSA) is 35.2 Å². The third-order valence-corrected chi connectivity index (χ3v) is 2.64. The maximum absolute atomic E-state index is 5.81. The molecule has 0 fully saturated rings. The molecule has 14 heavy (non-hydrogen) atoms. The van der Waals surface area contributed by atoms with Crippen LogP contribution in [0.3, 0.4) is 0 Å². The van der Waals surface area contributed by atoms with Crippen molar-refractivity contribution in [3.05, 3.63) is 34.8 Å². The van der Waals surface area contributed by atoms with Crippen molar-refractivity contribution in [3.8, 4) is 5.75 Å². The fourth-order valence-corrected chi connectivity index (χ4v) is 1.82. The minimum absolute atomic E-state index is 0.665. The lowest BCUT2D eigenvalue weighted by Gasteiger charge is -2.06. The summed E-state index contributed by atoms with van der Waals surface area (Å²) < 4.78 is 6.20. The Labute approximate surface area is 90.8 Å². The lowest BCUT2D eigenvalue weighted by molar-refractivity contribution is 0.417. The first kappa shape index (κ1) is 9.34. The van der Waals surface area contributed by atoms with Gasteiger partial charge in [-0.05, 0) is 35.0 Å². The molecule has 0 radical (unpaired) electrons. The zero-order chi connectivity index (χ0) is 10.1. The van der Waals surface area contributed by atoms with E-state index in [-0.39, 0.29) is 0 Å². The smallest absolute Gasteiger partial charge is 0.142 e. The van der Waals surface area contributed by atoms with Crippen molar-refractivity contribution in [2.24, 2.45) is 0 Å². The van der Waals surface area contributed by atoms with Crippen molar-refractivity contribution in [1.29, 1.82) is 0 Å². The zero-order valence-corrected chi connectivity index (χ0v) is 9.34. The summed E-state index contributed by atoms with van der Waals surface area (Å²) in [5.41, 5.74) is 6.47. The molecular weight excluding hydrogens is 242 g/mol. The molecule has 2 nitrogen and oxygen atoms in total. The van der Waals surface area contributed by atoms with Gasteiger partial charge in [0.05, 0.1) is 12.8 Å². The zero-order valence-electron chi connectivity index (χ0n) is 7.75. The number of hydrogen-bond donors (Lipinski definition) is 1. The Bertz CT molecular complexity index is 482. The number of halogens is 1. The highest BCUT2D eigenvalue weighted by Crippen LogP contribution is 2.29. The van der Waals surface area contributed by atoms with Crippen molar-refractivity contribution in [2.75, 3.05) is 12.8 Å². The number of rotatable bonds is 1. The summed E-state index contributed by atoms with van der Waals surface area (Å²) in [6, 6.07) is 9.92. The third kappa shape index (κ3) is 1.55. The fourth-order valence-electron chi connectivity index (χ4n) is 1.44. The van der Waals surface area contributed by atoms with E-state index in [1.807, 2.05) is 30.3 Å². The van der Waals surface area contributed by atoms with Crippen LogP contribution in [0.5, 0.6) is 5.75 Å². The molecule has 0 atom stereocenters. The number of methoxy groups -OCH3 is 1. The van der Waals surface area contributed by atoms with Gasteiger partial charge in [-0.15, -0.1) is 0 Å². The molecule has 0 aliphatic rings. The number of hydrogen-bond acceptors (Lipinski definition) is 2. The van der Waals surface area contributed by atoms with Crippen LogP contribution in [0.15, 0.2) is 34.8 Å². The first-order valence-corrected chi connectivity index (χ1v) is 5.03. The molecule has 0 spiro atoms. The summed E-state index contributed by atoms with van der Waals surface area (Å²) in [4.78, 5) is 0. The normalized spacial score (nSPS) is 10.4. The van der Waals surface area contributed by atoms with Crippen LogP contribution in [-0.4, -0.2) is 7.11 Å². The molecule has 2 aromatic carbocycles. The predicted octanol–water partition coefficient (Wildman–Crippen LogP) is 3.19. The Morgan fingerprint density at radius 2 is 1.93 bits per heavy atom. The average Bonchev–Trinajstić information content (AvgIpc) is 2.16. The highest BCUT2D eigenvalue weighted by Gasteiger charge is 2.02. The Kier molecular flexibility index (Phi) is 2.33. The SMILES string of the molecule is COc1cc2ccc(Br)cc2cc1N. The van der Waals surface area contributed by atoms with Gasteiger partial charge in [0.15, 0.2) is 0 Å². The van der Waals surface area contributed by atoms with Crippen LogP contribution >= 0.6 is 15.9 Å². The van der Waals surface area contributed by atoms with Gasteiger partial charge in [0.1, 0.15) is 5.75 Å². The number of benzene rings is 2. The van der Waals surface area contributed by atoms with Crippen LogP contribution in [-0.2, 0) is 0 Å². The maximum atomic E-state index is 5.81. The molecule has 0 saturated heterocycles. The van der Waals surface area contributed by atoms with Gasteiger partial charge >= 0.3 is 0 Å². The predicted molar refractivity (Wildman–Crippen MR) is 62.6 cm³/mol. The van der Waals surface area contributed by atoms with Crippen molar-refractivity contribution in [1.82, 2.24) is 0 Å². The molecule has 0 aromatic heterocycles. The maximum Gasteiger partial charge on any atom is 0.142 e. The first-order chi connectivity index (χ1) is 6.70. The minimum Gasteiger partial charge on any atom is -0.495 e. The summed E-state index contributed by atoms with van der Waals surface area (Å²) in [5, 5.41) is 2.23. The van der Waals surface area contributed by atoms with Gasteiger partial charge in [-0.2, -0.15) is 0 Å². The second kappa shape index (κ2) is 3.50. The van der Waals surface area contributed by atoms with Gasteiger partial charge in [0, 0.05) is 4.47 Å². The van der Waals surface area contributed by atoms with Crippen LogP contribution in [0.25, 0.3) is 10.8 Å². The van der Waals surface area contributed by atoms with Gasteiger partial charge < -0.3 is 10.5 Å². The van der Waals surface area contributed by atoms with Crippen molar-refractivity contribution in [3.63, 3.8) is 0 Å². The number of ether oxygens (including phenoxy) is 1. The molecule has 0 aliphatic carbocycles. The number of anilines is 1. The molecule has 2 N–H and O–H groups in total. The van der Waals surface area contributed by atoms with Crippen molar-refractivity contribution >= 4 is 32.4 Å². The van der Waals surface area contributed by atoms with E-state index in [0.29, 0.717) is 5.69 Å². The summed E-state index contributed by atoms with van der Waals surface area (Å²) >= 11 is 3.42. The molecule has 0 bridgehead atoms. The Hall–Kier alpha value is -1.22. The third-order valence-electron chi connectivity index (χ3n) is 2.15. The van der Waals surface area contributed by atoms with Crippen molar-refractivity contribution < 1.29 is 4.74 Å². The standard InChI is InChI=1S/C11H10BrNO/c1-14-11-6-7-2-3-9(12)4-8(7)5-10(11)13/h2-6H,13H2,1H3. The van der Waals surface area contributed by atoms with Crippen LogP contribution in [0.4, 0.5) is 5.69 Å². The van der Waals surface area contributed by atoms with E-state index in [1.165, 1.54) is 0 Å². The number of nitrogen functional groups attached to an aromatic ring is 1. The van der Waals surface area contributed by atoms with Crippen LogP contribution in [0, 0.1) is 0 Å². The van der Waals surface area contributed by atoms with Crippen molar-refractivity contribution in [2.45, 2.75) is 0 Å². The highest BCUT2D eigenvalue weighted by atomic mass is 79.9. The van der Waals surface area contributed by atoms with E-state index in [1.54, 1.807) is 7.11 Å². The van der Waals surface area contributed by atoms with Gasteiger partial charge in [0.25, 0.3) is 0 Å². The number of nitrogens with two attached hydrogens (primary N) is 1. The lowest BCUT2D eigenvalue weighted by Crippen LogP contribution is -1.91. The van der Waals surface area contributed by atoms with E-state index in [0.717, 1.165) is 21.0 Å². The molecule has 0 heterocycles. The minimum atomic E-state index is 0.665. The highest BCUT2D eigenvalue weighted by molar-refractivity contribution is 9.10. The number of fused-ring (bicyclic) bond motifs is 1. The van der Waals surface area contributed by atoms with Crippen LogP contribution in [0.1, 0.15) is 0 Å². The van der Waals surface area contributed by atoms with E-state index in [2.05, 4.69) is 15.9 Å². The average molecular weight is 252 g/mol. The summed E-state index contributed by atoms with van der Waals surface area (Å²) in [7, 11) is 1.62. The van der Waals surface area contributed by atoms with Crippen LogP contribution < -0.4 is 10.5 Å². The molecule has 0 aliphatic heterocycles. The molecule has 0 saturated carbocycles. The lowest BCUT2D eigenvalue weighted by atomic mass is 10.1. The molecule has 72 valence electrons. The van der Waals surface area contributed by atoms with E-state index >= 15 is 0 Å². The monoisotopic (exact) mass is 251 g/mol. The molecule has 2 aromatic rings. The van der Waals surface area contributed by atoms with E-state index in [9.17, 15) is 0 Å². The van der Waals surface area contributed by atoms with Gasteiger partial charge in [-0.25, -0.2) is 0 Å². The first-order valence-electron chi connectivity index (χ1n) is 4.23. The Morgan fingerprint density at radius 1 is 1.14 bits per heavy atom. The summed E-state index contributed by atoms with van der Waals surface area (Å²) in [5.74, 6) is 0.722. The quantitative estimate of drug-likeness (QED) is 0.791. The fraction of sp³-hybridized carbons (Fsp3) is 0.0909. The summed E-state index contributed by atoms with van der Waals surface area (Å²) in [6.45, 7) is 0. The van der Waals surface area contributed by atoms with Crippen LogP contribution in [0.2, 0.25) is 0 Å². The second-order valence-electron chi connectivity index (χ2n) is 3.09. The Morgan fingerprint density at radius 3 is 2.64 bits per heavy atom. The van der Waals surface area contributed by atoms with E-state index in [4.69, 9.17) is 10.5 Å². The molecule has 0 unspecified atom stereocenters. The van der Waals surface area contributed by atoms with Gasteiger partial charge in [0.2, 0.25) is 0 Å². The molecule has 0 amide bonds. The largest absolute Gasteiger partial charge is 0.495 e. The van der Waals surface area contributed by atoms with E-state index < -0.39 is 0 Å². The Balaban J connectivity index is 2.73.